The Morgan fingerprint density at radius 3 is 2.55 bits per heavy atom. The van der Waals surface area contributed by atoms with Crippen molar-refractivity contribution in [1.82, 2.24) is 20.1 Å². The molecule has 1 rings (SSSR count). The van der Waals surface area contributed by atoms with Crippen LogP contribution in [0.25, 0.3) is 0 Å². The molecule has 1 unspecified atom stereocenters. The van der Waals surface area contributed by atoms with Crippen LogP contribution < -0.4 is 5.32 Å². The highest BCUT2D eigenvalue weighted by Crippen LogP contribution is 2.09. The predicted molar refractivity (Wildman–Crippen MR) is 78.5 cm³/mol. The van der Waals surface area contributed by atoms with Crippen LogP contribution in [0.15, 0.2) is 6.33 Å². The van der Waals surface area contributed by atoms with Crippen LogP contribution >= 0.6 is 0 Å². The van der Waals surface area contributed by atoms with Gasteiger partial charge in [0.15, 0.2) is 6.29 Å². The van der Waals surface area contributed by atoms with Gasteiger partial charge in [-0.3, -0.25) is 0 Å². The fraction of sp³-hybridized carbons (Fsp3) is 0.857. The van der Waals surface area contributed by atoms with Crippen LogP contribution in [0.5, 0.6) is 0 Å². The topological polar surface area (TPSA) is 61.2 Å². The molecule has 0 bridgehead atoms. The first-order valence-corrected chi connectivity index (χ1v) is 7.28. The molecule has 1 N–H and O–H groups in total. The van der Waals surface area contributed by atoms with E-state index in [-0.39, 0.29) is 12.3 Å². The molecule has 1 aromatic heterocycles. The summed E-state index contributed by atoms with van der Waals surface area (Å²) in [6.45, 7) is 8.28. The van der Waals surface area contributed by atoms with Gasteiger partial charge in [-0.1, -0.05) is 20.8 Å². The lowest BCUT2D eigenvalue weighted by Gasteiger charge is -2.25. The summed E-state index contributed by atoms with van der Waals surface area (Å²) >= 11 is 0. The van der Waals surface area contributed by atoms with Crippen molar-refractivity contribution in [2.24, 2.45) is 5.92 Å². The zero-order chi connectivity index (χ0) is 15.0. The summed E-state index contributed by atoms with van der Waals surface area (Å²) in [6, 6.07) is 0.0695. The van der Waals surface area contributed by atoms with Crippen molar-refractivity contribution in [2.45, 2.75) is 52.5 Å². The highest BCUT2D eigenvalue weighted by Gasteiger charge is 2.23. The van der Waals surface area contributed by atoms with Crippen LogP contribution in [0.4, 0.5) is 0 Å². The van der Waals surface area contributed by atoms with Crippen molar-refractivity contribution in [1.29, 1.82) is 0 Å². The van der Waals surface area contributed by atoms with E-state index in [2.05, 4.69) is 36.2 Å². The average molecular weight is 284 g/mol. The van der Waals surface area contributed by atoms with E-state index in [4.69, 9.17) is 9.47 Å². The Bertz CT molecular complexity index is 364. The second-order valence-corrected chi connectivity index (χ2v) is 5.36. The van der Waals surface area contributed by atoms with Gasteiger partial charge in [0.05, 0.1) is 6.04 Å². The van der Waals surface area contributed by atoms with E-state index in [9.17, 15) is 0 Å². The van der Waals surface area contributed by atoms with E-state index >= 15 is 0 Å². The van der Waals surface area contributed by atoms with Gasteiger partial charge in [0.2, 0.25) is 0 Å². The first kappa shape index (κ1) is 17.1. The third-order valence-electron chi connectivity index (χ3n) is 3.09. The highest BCUT2D eigenvalue weighted by molar-refractivity contribution is 4.91. The molecule has 1 heterocycles. The molecule has 6 heteroatoms. The van der Waals surface area contributed by atoms with Crippen molar-refractivity contribution in [3.63, 3.8) is 0 Å². The Morgan fingerprint density at radius 2 is 2.00 bits per heavy atom. The van der Waals surface area contributed by atoms with Gasteiger partial charge < -0.3 is 14.8 Å². The first-order chi connectivity index (χ1) is 9.62. The van der Waals surface area contributed by atoms with Crippen LogP contribution in [-0.2, 0) is 22.4 Å². The van der Waals surface area contributed by atoms with Crippen molar-refractivity contribution < 1.29 is 9.47 Å². The van der Waals surface area contributed by atoms with E-state index in [1.54, 1.807) is 20.5 Å². The molecular formula is C14H28N4O2. The van der Waals surface area contributed by atoms with Crippen LogP contribution in [0.2, 0.25) is 0 Å². The summed E-state index contributed by atoms with van der Waals surface area (Å²) in [4.78, 5) is 4.37. The minimum absolute atomic E-state index is 0.0695. The van der Waals surface area contributed by atoms with Gasteiger partial charge in [0.25, 0.3) is 0 Å². The van der Waals surface area contributed by atoms with Crippen LogP contribution in [0.3, 0.4) is 0 Å². The van der Waals surface area contributed by atoms with E-state index in [0.717, 1.165) is 31.8 Å². The summed E-state index contributed by atoms with van der Waals surface area (Å²) in [5.41, 5.74) is 0. The Kier molecular flexibility index (Phi) is 7.72. The monoisotopic (exact) mass is 284 g/mol. The van der Waals surface area contributed by atoms with Crippen molar-refractivity contribution in [2.75, 3.05) is 20.8 Å². The number of hydrogen-bond donors (Lipinski definition) is 1. The zero-order valence-corrected chi connectivity index (χ0v) is 13.3. The molecule has 0 amide bonds. The molecule has 0 fully saturated rings. The molecule has 20 heavy (non-hydrogen) atoms. The maximum Gasteiger partial charge on any atom is 0.172 e. The molecule has 1 aromatic rings. The molecule has 1 atom stereocenters. The average Bonchev–Trinajstić information content (AvgIpc) is 2.83. The predicted octanol–water partition coefficient (Wildman–Crippen LogP) is 1.46. The molecule has 116 valence electrons. The molecule has 0 aromatic carbocycles. The third kappa shape index (κ3) is 5.19. The standard InChI is InChI=1S/C14H28N4O2/c1-6-7-15-12(14(19-4)20-5)8-13-16-10-17-18(13)9-11(2)3/h10-12,14-15H,6-9H2,1-5H3. The smallest absolute Gasteiger partial charge is 0.172 e. The molecule has 0 aliphatic heterocycles. The molecule has 0 aliphatic rings. The SMILES string of the molecule is CCCNC(Cc1ncnn1CC(C)C)C(OC)OC. The first-order valence-electron chi connectivity index (χ1n) is 7.28. The van der Waals surface area contributed by atoms with Crippen molar-refractivity contribution in [3.05, 3.63) is 12.2 Å². The Morgan fingerprint density at radius 1 is 1.30 bits per heavy atom. The van der Waals surface area contributed by atoms with E-state index in [1.165, 1.54) is 0 Å². The zero-order valence-electron chi connectivity index (χ0n) is 13.3. The van der Waals surface area contributed by atoms with E-state index < -0.39 is 0 Å². The van der Waals surface area contributed by atoms with Crippen LogP contribution in [0, 0.1) is 5.92 Å². The Hall–Kier alpha value is -0.980. The number of nitrogens with one attached hydrogen (secondary N) is 1. The largest absolute Gasteiger partial charge is 0.354 e. The summed E-state index contributed by atoms with van der Waals surface area (Å²) in [7, 11) is 3.32. The van der Waals surface area contributed by atoms with Gasteiger partial charge in [0, 0.05) is 27.2 Å². The Labute approximate surface area is 121 Å². The van der Waals surface area contributed by atoms with Crippen molar-refractivity contribution in [3.8, 4) is 0 Å². The summed E-state index contributed by atoms with van der Waals surface area (Å²) in [5.74, 6) is 1.50. The summed E-state index contributed by atoms with van der Waals surface area (Å²) in [6.07, 6.45) is 3.13. The molecule has 6 nitrogen and oxygen atoms in total. The number of aromatic nitrogens is 3. The van der Waals surface area contributed by atoms with Gasteiger partial charge in [-0.2, -0.15) is 5.10 Å². The van der Waals surface area contributed by atoms with Gasteiger partial charge in [0.1, 0.15) is 12.2 Å². The summed E-state index contributed by atoms with van der Waals surface area (Å²) in [5, 5.41) is 7.76. The van der Waals surface area contributed by atoms with Gasteiger partial charge in [-0.25, -0.2) is 9.67 Å². The van der Waals surface area contributed by atoms with Crippen molar-refractivity contribution >= 4 is 0 Å². The maximum atomic E-state index is 5.39. The van der Waals surface area contributed by atoms with E-state index in [0.29, 0.717) is 5.92 Å². The molecular weight excluding hydrogens is 256 g/mol. The molecule has 0 saturated heterocycles. The lowest BCUT2D eigenvalue weighted by Crippen LogP contribution is -2.44. The third-order valence-corrected chi connectivity index (χ3v) is 3.09. The van der Waals surface area contributed by atoms with Crippen LogP contribution in [-0.4, -0.2) is 47.9 Å². The Balaban J connectivity index is 2.75. The number of nitrogens with zero attached hydrogens (tertiary/aromatic N) is 3. The molecule has 0 spiro atoms. The van der Waals surface area contributed by atoms with Gasteiger partial charge >= 0.3 is 0 Å². The molecule has 0 saturated carbocycles. The fourth-order valence-electron chi connectivity index (χ4n) is 2.16. The number of rotatable bonds is 10. The lowest BCUT2D eigenvalue weighted by atomic mass is 10.1. The number of hydrogen-bond acceptors (Lipinski definition) is 5. The molecule has 0 radical (unpaired) electrons. The number of ether oxygens (including phenoxy) is 2. The summed E-state index contributed by atoms with van der Waals surface area (Å²) < 4.78 is 12.7. The van der Waals surface area contributed by atoms with Crippen LogP contribution in [0.1, 0.15) is 33.0 Å². The second kappa shape index (κ2) is 9.05. The van der Waals surface area contributed by atoms with E-state index in [1.807, 2.05) is 4.68 Å². The fourth-order valence-corrected chi connectivity index (χ4v) is 2.16. The second-order valence-electron chi connectivity index (χ2n) is 5.36. The van der Waals surface area contributed by atoms with Gasteiger partial charge in [-0.15, -0.1) is 0 Å². The highest BCUT2D eigenvalue weighted by atomic mass is 16.7. The quantitative estimate of drug-likeness (QED) is 0.659. The normalized spacial score (nSPS) is 13.3. The minimum atomic E-state index is -0.286. The minimum Gasteiger partial charge on any atom is -0.354 e. The maximum absolute atomic E-state index is 5.39. The lowest BCUT2D eigenvalue weighted by molar-refractivity contribution is -0.123. The van der Waals surface area contributed by atoms with Gasteiger partial charge in [-0.05, 0) is 18.9 Å². The molecule has 0 aliphatic carbocycles. The number of methoxy groups -OCH3 is 2.